The minimum atomic E-state index is -0.541. The Morgan fingerprint density at radius 2 is 1.81 bits per heavy atom. The maximum absolute atomic E-state index is 12.9. The molecule has 0 spiro atoms. The standard InChI is InChI=1S/C21H24N2O4/c1-4-26-12-6-11-23-20(24)18(15(3)19(14-22)21(23)25)13-16-7-9-17(10-8-16)27-5-2/h7-10,13H,4-6,11-12H2,1-3H3/b18-13+. The number of imide groups is 1. The molecule has 0 unspecified atom stereocenters. The summed E-state index contributed by atoms with van der Waals surface area (Å²) in [5.41, 5.74) is 1.56. The number of nitriles is 1. The van der Waals surface area contributed by atoms with Crippen LogP contribution < -0.4 is 4.74 Å². The monoisotopic (exact) mass is 368 g/mol. The average molecular weight is 368 g/mol. The highest BCUT2D eigenvalue weighted by molar-refractivity contribution is 6.19. The number of benzene rings is 1. The Hall–Kier alpha value is -2.91. The first-order chi connectivity index (χ1) is 13.0. The summed E-state index contributed by atoms with van der Waals surface area (Å²) in [6.07, 6.45) is 2.23. The van der Waals surface area contributed by atoms with Crippen molar-refractivity contribution in [1.82, 2.24) is 4.90 Å². The van der Waals surface area contributed by atoms with Gasteiger partial charge in [0.05, 0.1) is 6.61 Å². The highest BCUT2D eigenvalue weighted by Crippen LogP contribution is 2.27. The zero-order valence-electron chi connectivity index (χ0n) is 15.9. The molecule has 1 aromatic carbocycles. The van der Waals surface area contributed by atoms with Crippen molar-refractivity contribution in [2.24, 2.45) is 0 Å². The summed E-state index contributed by atoms with van der Waals surface area (Å²) in [6.45, 7) is 7.25. The third kappa shape index (κ3) is 4.83. The van der Waals surface area contributed by atoms with Crippen LogP contribution >= 0.6 is 0 Å². The van der Waals surface area contributed by atoms with E-state index in [9.17, 15) is 14.9 Å². The van der Waals surface area contributed by atoms with E-state index in [2.05, 4.69) is 0 Å². The van der Waals surface area contributed by atoms with Gasteiger partial charge >= 0.3 is 0 Å². The number of carbonyl (C=O) groups is 2. The zero-order valence-corrected chi connectivity index (χ0v) is 15.9. The molecule has 2 rings (SSSR count). The van der Waals surface area contributed by atoms with Crippen LogP contribution in [-0.2, 0) is 14.3 Å². The van der Waals surface area contributed by atoms with Gasteiger partial charge in [0.15, 0.2) is 0 Å². The van der Waals surface area contributed by atoms with Crippen LogP contribution in [0.25, 0.3) is 6.08 Å². The van der Waals surface area contributed by atoms with Crippen molar-refractivity contribution in [3.8, 4) is 11.8 Å². The van der Waals surface area contributed by atoms with Gasteiger partial charge in [-0.25, -0.2) is 0 Å². The van der Waals surface area contributed by atoms with E-state index in [1.54, 1.807) is 13.0 Å². The predicted molar refractivity (Wildman–Crippen MR) is 102 cm³/mol. The molecule has 6 heteroatoms. The van der Waals surface area contributed by atoms with E-state index >= 15 is 0 Å². The molecule has 27 heavy (non-hydrogen) atoms. The lowest BCUT2D eigenvalue weighted by atomic mass is 9.93. The second kappa shape index (κ2) is 9.70. The van der Waals surface area contributed by atoms with Crippen molar-refractivity contribution in [2.75, 3.05) is 26.4 Å². The fourth-order valence-corrected chi connectivity index (χ4v) is 2.80. The topological polar surface area (TPSA) is 79.6 Å². The first-order valence-corrected chi connectivity index (χ1v) is 9.03. The number of rotatable bonds is 8. The van der Waals surface area contributed by atoms with Gasteiger partial charge in [-0.1, -0.05) is 12.1 Å². The molecule has 0 aromatic heterocycles. The Kier molecular flexibility index (Phi) is 7.33. The van der Waals surface area contributed by atoms with Crippen LogP contribution in [0.5, 0.6) is 5.75 Å². The minimum Gasteiger partial charge on any atom is -0.494 e. The van der Waals surface area contributed by atoms with Crippen molar-refractivity contribution < 1.29 is 19.1 Å². The van der Waals surface area contributed by atoms with Crippen LogP contribution in [0.4, 0.5) is 0 Å². The van der Waals surface area contributed by atoms with Crippen molar-refractivity contribution >= 4 is 17.9 Å². The Morgan fingerprint density at radius 1 is 1.11 bits per heavy atom. The SMILES string of the molecule is CCOCCCN1C(=O)C(C#N)=C(C)/C(=C\c2ccc(OCC)cc2)C1=O. The molecule has 142 valence electrons. The molecule has 0 fully saturated rings. The quantitative estimate of drug-likeness (QED) is 0.400. The van der Waals surface area contributed by atoms with Crippen molar-refractivity contribution in [2.45, 2.75) is 27.2 Å². The maximum atomic E-state index is 12.9. The van der Waals surface area contributed by atoms with Crippen molar-refractivity contribution in [3.63, 3.8) is 0 Å². The van der Waals surface area contributed by atoms with E-state index in [0.29, 0.717) is 37.4 Å². The Bertz CT molecular complexity index is 800. The van der Waals surface area contributed by atoms with Gasteiger partial charge < -0.3 is 9.47 Å². The van der Waals surface area contributed by atoms with E-state index < -0.39 is 5.91 Å². The Morgan fingerprint density at radius 3 is 2.41 bits per heavy atom. The molecule has 1 aliphatic rings. The van der Waals surface area contributed by atoms with Crippen molar-refractivity contribution in [1.29, 1.82) is 5.26 Å². The van der Waals surface area contributed by atoms with Crippen LogP contribution in [0.3, 0.4) is 0 Å². The molecule has 0 atom stereocenters. The van der Waals surface area contributed by atoms with E-state index in [-0.39, 0.29) is 18.0 Å². The van der Waals surface area contributed by atoms with Gasteiger partial charge in [-0.2, -0.15) is 5.26 Å². The number of amides is 2. The summed E-state index contributed by atoms with van der Waals surface area (Å²) in [6, 6.07) is 9.24. The molecular formula is C21H24N2O4. The van der Waals surface area contributed by atoms with Gasteiger partial charge in [0.1, 0.15) is 17.4 Å². The van der Waals surface area contributed by atoms with E-state index in [4.69, 9.17) is 9.47 Å². The lowest BCUT2D eigenvalue weighted by molar-refractivity contribution is -0.140. The number of hydrogen-bond donors (Lipinski definition) is 0. The first kappa shape index (κ1) is 20.4. The molecule has 6 nitrogen and oxygen atoms in total. The lowest BCUT2D eigenvalue weighted by Crippen LogP contribution is -2.43. The Balaban J connectivity index is 2.32. The summed E-state index contributed by atoms with van der Waals surface area (Å²) in [5.74, 6) is -0.186. The number of ether oxygens (including phenoxy) is 2. The molecule has 0 N–H and O–H groups in total. The van der Waals surface area contributed by atoms with E-state index in [1.807, 2.05) is 44.2 Å². The van der Waals surface area contributed by atoms with Gasteiger partial charge in [0.25, 0.3) is 11.8 Å². The molecule has 2 amide bonds. The van der Waals surface area contributed by atoms with Gasteiger partial charge in [-0.05, 0) is 56.5 Å². The number of carbonyl (C=O) groups excluding carboxylic acids is 2. The van der Waals surface area contributed by atoms with E-state index in [0.717, 1.165) is 16.2 Å². The summed E-state index contributed by atoms with van der Waals surface area (Å²) in [5, 5.41) is 9.39. The smallest absolute Gasteiger partial charge is 0.271 e. The first-order valence-electron chi connectivity index (χ1n) is 9.03. The lowest BCUT2D eigenvalue weighted by Gasteiger charge is -2.27. The van der Waals surface area contributed by atoms with Gasteiger partial charge in [-0.15, -0.1) is 0 Å². The largest absolute Gasteiger partial charge is 0.494 e. The highest BCUT2D eigenvalue weighted by Gasteiger charge is 2.34. The van der Waals surface area contributed by atoms with Gasteiger partial charge in [-0.3, -0.25) is 14.5 Å². The van der Waals surface area contributed by atoms with Crippen LogP contribution in [0, 0.1) is 11.3 Å². The van der Waals surface area contributed by atoms with Crippen LogP contribution in [-0.4, -0.2) is 43.1 Å². The fraction of sp³-hybridized carbons (Fsp3) is 0.381. The van der Waals surface area contributed by atoms with Crippen LogP contribution in [0.2, 0.25) is 0 Å². The fourth-order valence-electron chi connectivity index (χ4n) is 2.80. The third-order valence-electron chi connectivity index (χ3n) is 4.20. The summed E-state index contributed by atoms with van der Waals surface area (Å²) >= 11 is 0. The summed E-state index contributed by atoms with van der Waals surface area (Å²) < 4.78 is 10.7. The van der Waals surface area contributed by atoms with Crippen LogP contribution in [0.1, 0.15) is 32.8 Å². The molecule has 1 aliphatic heterocycles. The van der Waals surface area contributed by atoms with Crippen LogP contribution in [0.15, 0.2) is 41.0 Å². The minimum absolute atomic E-state index is 0.00296. The van der Waals surface area contributed by atoms with Gasteiger partial charge in [0, 0.05) is 25.3 Å². The Labute approximate surface area is 159 Å². The summed E-state index contributed by atoms with van der Waals surface area (Å²) in [4.78, 5) is 26.5. The molecule has 0 bridgehead atoms. The third-order valence-corrected chi connectivity index (χ3v) is 4.20. The molecule has 1 heterocycles. The highest BCUT2D eigenvalue weighted by atomic mass is 16.5. The second-order valence-corrected chi connectivity index (χ2v) is 5.98. The zero-order chi connectivity index (χ0) is 19.8. The molecular weight excluding hydrogens is 344 g/mol. The summed E-state index contributed by atoms with van der Waals surface area (Å²) in [7, 11) is 0. The molecule has 1 aromatic rings. The van der Waals surface area contributed by atoms with Crippen molar-refractivity contribution in [3.05, 3.63) is 46.5 Å². The molecule has 0 aliphatic carbocycles. The van der Waals surface area contributed by atoms with E-state index in [1.165, 1.54) is 0 Å². The molecule has 0 saturated heterocycles. The number of nitrogens with zero attached hydrogens (tertiary/aromatic N) is 2. The maximum Gasteiger partial charge on any atom is 0.271 e. The molecule has 0 saturated carbocycles. The van der Waals surface area contributed by atoms with Gasteiger partial charge in [0.2, 0.25) is 0 Å². The molecule has 0 radical (unpaired) electrons. The second-order valence-electron chi connectivity index (χ2n) is 5.98. The normalized spacial score (nSPS) is 16.1. The number of hydrogen-bond acceptors (Lipinski definition) is 5. The average Bonchev–Trinajstić information content (AvgIpc) is 2.66. The predicted octanol–water partition coefficient (Wildman–Crippen LogP) is 3.10.